The summed E-state index contributed by atoms with van der Waals surface area (Å²) in [7, 11) is 0. The maximum atomic E-state index is 12.4. The van der Waals surface area contributed by atoms with Crippen LogP contribution >= 0.6 is 0 Å². The van der Waals surface area contributed by atoms with Crippen LogP contribution < -0.4 is 11.1 Å². The number of carbonyl (C=O) groups is 3. The van der Waals surface area contributed by atoms with Crippen molar-refractivity contribution in [2.45, 2.75) is 18.9 Å². The van der Waals surface area contributed by atoms with Gasteiger partial charge in [0, 0.05) is 24.2 Å². The fourth-order valence-corrected chi connectivity index (χ4v) is 3.04. The molecule has 1 heterocycles. The summed E-state index contributed by atoms with van der Waals surface area (Å²) in [5.74, 6) is -1.11. The topological polar surface area (TPSA) is 98.5 Å². The number of ketones is 1. The molecule has 0 aliphatic carbocycles. The molecule has 2 aromatic rings. The van der Waals surface area contributed by atoms with Crippen LogP contribution in [-0.4, -0.2) is 36.9 Å². The van der Waals surface area contributed by atoms with Gasteiger partial charge in [-0.05, 0) is 12.0 Å². The second kappa shape index (κ2) is 8.60. The zero-order chi connectivity index (χ0) is 19.2. The molecule has 6 heteroatoms. The van der Waals surface area contributed by atoms with E-state index in [2.05, 4.69) is 5.32 Å². The summed E-state index contributed by atoms with van der Waals surface area (Å²) >= 11 is 0. The molecule has 0 aromatic heterocycles. The van der Waals surface area contributed by atoms with Gasteiger partial charge in [-0.1, -0.05) is 54.6 Å². The first-order chi connectivity index (χ1) is 13.0. The lowest BCUT2D eigenvalue weighted by Crippen LogP contribution is -2.48. The van der Waals surface area contributed by atoms with E-state index in [4.69, 9.17) is 10.5 Å². The van der Waals surface area contributed by atoms with Crippen LogP contribution in [0.25, 0.3) is 0 Å². The van der Waals surface area contributed by atoms with Crippen molar-refractivity contribution in [2.24, 2.45) is 11.7 Å². The number of benzene rings is 2. The first-order valence-electron chi connectivity index (χ1n) is 8.90. The molecular formula is C21H22N2O4. The van der Waals surface area contributed by atoms with Gasteiger partial charge in [-0.3, -0.25) is 14.4 Å². The Bertz CT molecular complexity index is 812. The fourth-order valence-electron chi connectivity index (χ4n) is 3.04. The minimum absolute atomic E-state index is 0.0665. The minimum atomic E-state index is -0.797. The number of ether oxygens (including phenoxy) is 1. The van der Waals surface area contributed by atoms with E-state index in [0.717, 1.165) is 5.56 Å². The predicted molar refractivity (Wildman–Crippen MR) is 100 cm³/mol. The number of nitrogens with two attached hydrogens (primary N) is 1. The van der Waals surface area contributed by atoms with Crippen LogP contribution in [-0.2, 0) is 20.7 Å². The van der Waals surface area contributed by atoms with Gasteiger partial charge in [0.15, 0.2) is 5.78 Å². The van der Waals surface area contributed by atoms with Crippen molar-refractivity contribution in [3.63, 3.8) is 0 Å². The Balaban J connectivity index is 1.65. The van der Waals surface area contributed by atoms with Crippen molar-refractivity contribution in [1.29, 1.82) is 0 Å². The Hall–Kier alpha value is -2.99. The standard InChI is InChI=1S/C21H22N2O4/c22-20(25)18(23-21(26)17-10-11-27-13-17)12-14-6-8-16(9-7-14)19(24)15-4-2-1-3-5-15/h1-9,17-18H,10-13H2,(H2,22,25)(H,23,26)/t17-,18-/m1/s1. The van der Waals surface area contributed by atoms with Crippen molar-refractivity contribution >= 4 is 17.6 Å². The van der Waals surface area contributed by atoms with Crippen molar-refractivity contribution in [2.75, 3.05) is 13.2 Å². The van der Waals surface area contributed by atoms with E-state index >= 15 is 0 Å². The monoisotopic (exact) mass is 366 g/mol. The van der Waals surface area contributed by atoms with Gasteiger partial charge in [-0.25, -0.2) is 0 Å². The van der Waals surface area contributed by atoms with Gasteiger partial charge >= 0.3 is 0 Å². The predicted octanol–water partition coefficient (Wildman–Crippen LogP) is 1.47. The number of nitrogens with one attached hydrogen (secondary N) is 1. The highest BCUT2D eigenvalue weighted by atomic mass is 16.5. The summed E-state index contributed by atoms with van der Waals surface area (Å²) in [6.45, 7) is 0.920. The fraction of sp³-hybridized carbons (Fsp3) is 0.286. The molecule has 6 nitrogen and oxygen atoms in total. The van der Waals surface area contributed by atoms with Gasteiger partial charge in [0.25, 0.3) is 0 Å². The quantitative estimate of drug-likeness (QED) is 0.725. The molecule has 0 unspecified atom stereocenters. The van der Waals surface area contributed by atoms with Crippen molar-refractivity contribution in [3.05, 3.63) is 71.3 Å². The van der Waals surface area contributed by atoms with Gasteiger partial charge in [0.2, 0.25) is 11.8 Å². The summed E-state index contributed by atoms with van der Waals surface area (Å²) in [5.41, 5.74) is 7.44. The number of hydrogen-bond acceptors (Lipinski definition) is 4. The average Bonchev–Trinajstić information content (AvgIpc) is 3.23. The maximum Gasteiger partial charge on any atom is 0.240 e. The molecular weight excluding hydrogens is 344 g/mol. The van der Waals surface area contributed by atoms with E-state index in [-0.39, 0.29) is 24.0 Å². The second-order valence-corrected chi connectivity index (χ2v) is 6.62. The lowest BCUT2D eigenvalue weighted by atomic mass is 9.99. The Morgan fingerprint density at radius 2 is 1.70 bits per heavy atom. The largest absolute Gasteiger partial charge is 0.381 e. The molecule has 0 saturated carbocycles. The molecule has 0 bridgehead atoms. The molecule has 3 N–H and O–H groups in total. The Kier molecular flexibility index (Phi) is 5.98. The van der Waals surface area contributed by atoms with Crippen molar-refractivity contribution in [1.82, 2.24) is 5.32 Å². The van der Waals surface area contributed by atoms with E-state index in [0.29, 0.717) is 30.8 Å². The number of rotatable bonds is 7. The van der Waals surface area contributed by atoms with Gasteiger partial charge in [0.1, 0.15) is 6.04 Å². The lowest BCUT2D eigenvalue weighted by molar-refractivity contribution is -0.129. The van der Waals surface area contributed by atoms with E-state index in [1.807, 2.05) is 18.2 Å². The molecule has 1 fully saturated rings. The van der Waals surface area contributed by atoms with Gasteiger partial charge in [-0.15, -0.1) is 0 Å². The Labute approximate surface area is 157 Å². The Morgan fingerprint density at radius 3 is 2.30 bits per heavy atom. The molecule has 1 aliphatic rings. The molecule has 3 rings (SSSR count). The molecule has 1 saturated heterocycles. The molecule has 2 aromatic carbocycles. The van der Waals surface area contributed by atoms with E-state index < -0.39 is 11.9 Å². The van der Waals surface area contributed by atoms with Gasteiger partial charge < -0.3 is 15.8 Å². The second-order valence-electron chi connectivity index (χ2n) is 6.62. The third-order valence-corrected chi connectivity index (χ3v) is 4.65. The zero-order valence-corrected chi connectivity index (χ0v) is 14.9. The van der Waals surface area contributed by atoms with Crippen LogP contribution in [0.15, 0.2) is 54.6 Å². The summed E-state index contributed by atoms with van der Waals surface area (Å²) < 4.78 is 5.20. The van der Waals surface area contributed by atoms with Gasteiger partial charge in [-0.2, -0.15) is 0 Å². The van der Waals surface area contributed by atoms with Crippen LogP contribution in [0.1, 0.15) is 27.9 Å². The highest BCUT2D eigenvalue weighted by Gasteiger charge is 2.27. The number of primary amides is 1. The minimum Gasteiger partial charge on any atom is -0.381 e. The molecule has 1 aliphatic heterocycles. The molecule has 27 heavy (non-hydrogen) atoms. The third-order valence-electron chi connectivity index (χ3n) is 4.65. The summed E-state index contributed by atoms with van der Waals surface area (Å²) in [4.78, 5) is 36.4. The van der Waals surface area contributed by atoms with Crippen molar-refractivity contribution in [3.8, 4) is 0 Å². The van der Waals surface area contributed by atoms with Gasteiger partial charge in [0.05, 0.1) is 12.5 Å². The van der Waals surface area contributed by atoms with Crippen LogP contribution in [0.4, 0.5) is 0 Å². The Morgan fingerprint density at radius 1 is 1.04 bits per heavy atom. The summed E-state index contributed by atoms with van der Waals surface area (Å²) in [6, 6.07) is 15.2. The highest BCUT2D eigenvalue weighted by Crippen LogP contribution is 2.14. The zero-order valence-electron chi connectivity index (χ0n) is 14.9. The molecule has 140 valence electrons. The van der Waals surface area contributed by atoms with Crippen LogP contribution in [0.2, 0.25) is 0 Å². The average molecular weight is 366 g/mol. The molecule has 0 radical (unpaired) electrons. The lowest BCUT2D eigenvalue weighted by Gasteiger charge is -2.18. The molecule has 2 amide bonds. The van der Waals surface area contributed by atoms with Crippen LogP contribution in [0.3, 0.4) is 0 Å². The summed E-state index contributed by atoms with van der Waals surface area (Å²) in [5, 5.41) is 2.71. The van der Waals surface area contributed by atoms with E-state index in [9.17, 15) is 14.4 Å². The normalized spacial score (nSPS) is 17.3. The van der Waals surface area contributed by atoms with Crippen LogP contribution in [0.5, 0.6) is 0 Å². The molecule has 2 atom stereocenters. The van der Waals surface area contributed by atoms with E-state index in [1.165, 1.54) is 0 Å². The van der Waals surface area contributed by atoms with E-state index in [1.54, 1.807) is 36.4 Å². The third kappa shape index (κ3) is 4.80. The smallest absolute Gasteiger partial charge is 0.240 e. The summed E-state index contributed by atoms with van der Waals surface area (Å²) in [6.07, 6.45) is 0.919. The maximum absolute atomic E-state index is 12.4. The van der Waals surface area contributed by atoms with Crippen LogP contribution in [0, 0.1) is 5.92 Å². The molecule has 0 spiro atoms. The van der Waals surface area contributed by atoms with Crippen molar-refractivity contribution < 1.29 is 19.1 Å². The highest BCUT2D eigenvalue weighted by molar-refractivity contribution is 6.08. The number of hydrogen-bond donors (Lipinski definition) is 2. The SMILES string of the molecule is NC(=O)[C@@H](Cc1ccc(C(=O)c2ccccc2)cc1)NC(=O)[C@@H]1CCOC1. The first kappa shape index (κ1) is 18.8. The number of carbonyl (C=O) groups excluding carboxylic acids is 3. The first-order valence-corrected chi connectivity index (χ1v) is 8.90. The number of amides is 2.